The van der Waals surface area contributed by atoms with Crippen molar-refractivity contribution in [1.82, 2.24) is 4.90 Å². The number of hydrogen-bond donors (Lipinski definition) is 0. The van der Waals surface area contributed by atoms with Gasteiger partial charge in [-0.2, -0.15) is 0 Å². The normalized spacial score (nSPS) is 12.8. The summed E-state index contributed by atoms with van der Waals surface area (Å²) in [6, 6.07) is 9.68. The molecule has 1 aromatic rings. The van der Waals surface area contributed by atoms with E-state index in [4.69, 9.17) is 0 Å². The van der Waals surface area contributed by atoms with Crippen LogP contribution in [-0.4, -0.2) is 31.1 Å². The lowest BCUT2D eigenvalue weighted by molar-refractivity contribution is 0.353. The molecule has 0 amide bonds. The van der Waals surface area contributed by atoms with E-state index in [2.05, 4.69) is 18.7 Å². The van der Waals surface area contributed by atoms with Gasteiger partial charge in [-0.15, -0.1) is 4.21 Å². The molecule has 1 atom stereocenters. The molecule has 0 heterocycles. The van der Waals surface area contributed by atoms with E-state index >= 15 is 0 Å². The molecule has 1 unspecified atom stereocenters. The molecule has 8 heteroatoms. The fraction of sp³-hybridized carbons (Fsp3) is 0.455. The van der Waals surface area contributed by atoms with Crippen LogP contribution in [0, 0.1) is 0 Å². The molecule has 0 aliphatic carbocycles. The van der Waals surface area contributed by atoms with Crippen LogP contribution in [0.25, 0.3) is 0 Å². The summed E-state index contributed by atoms with van der Waals surface area (Å²) < 4.78 is 50.9. The maximum atomic E-state index is 11.9. The van der Waals surface area contributed by atoms with Gasteiger partial charge in [0.15, 0.2) is 10.8 Å². The molecular formula is C11H18BF4NOS. The highest BCUT2D eigenvalue weighted by atomic mass is 32.2. The van der Waals surface area contributed by atoms with Crippen molar-refractivity contribution >= 4 is 18.1 Å². The van der Waals surface area contributed by atoms with Gasteiger partial charge in [0.2, 0.25) is 0 Å². The van der Waals surface area contributed by atoms with Gasteiger partial charge in [0, 0.05) is 0 Å². The van der Waals surface area contributed by atoms with Crippen LogP contribution in [0.2, 0.25) is 0 Å². The molecule has 0 saturated heterocycles. The Morgan fingerprint density at radius 2 is 1.47 bits per heavy atom. The predicted molar refractivity (Wildman–Crippen MR) is 72.1 cm³/mol. The zero-order valence-electron chi connectivity index (χ0n) is 10.9. The Balaban J connectivity index is 0.000000555. The Morgan fingerprint density at radius 1 is 1.05 bits per heavy atom. The average molecular weight is 299 g/mol. The summed E-state index contributed by atoms with van der Waals surface area (Å²) >= 11 is 0. The molecular weight excluding hydrogens is 281 g/mol. The van der Waals surface area contributed by atoms with Crippen molar-refractivity contribution in [3.63, 3.8) is 0 Å². The van der Waals surface area contributed by atoms with Gasteiger partial charge in [0.1, 0.15) is 10.8 Å². The van der Waals surface area contributed by atoms with Crippen LogP contribution in [-0.2, 0) is 15.0 Å². The first-order valence-corrected chi connectivity index (χ1v) is 7.31. The van der Waals surface area contributed by atoms with Crippen molar-refractivity contribution in [3.8, 4) is 0 Å². The minimum Gasteiger partial charge on any atom is -0.418 e. The molecule has 110 valence electrons. The summed E-state index contributed by atoms with van der Waals surface area (Å²) in [5, 5.41) is 0. The molecule has 0 saturated carbocycles. The van der Waals surface area contributed by atoms with Gasteiger partial charge < -0.3 is 17.3 Å². The highest BCUT2D eigenvalue weighted by Gasteiger charge is 2.20. The van der Waals surface area contributed by atoms with Gasteiger partial charge in [-0.25, -0.2) is 0 Å². The molecule has 0 aliphatic heterocycles. The van der Waals surface area contributed by atoms with Gasteiger partial charge in [0.25, 0.3) is 0 Å². The fourth-order valence-electron chi connectivity index (χ4n) is 1.28. The minimum absolute atomic E-state index is 0.673. The predicted octanol–water partition coefficient (Wildman–Crippen LogP) is 3.34. The second kappa shape index (κ2) is 9.09. The minimum atomic E-state index is -6.00. The van der Waals surface area contributed by atoms with E-state index in [1.54, 1.807) is 0 Å². The van der Waals surface area contributed by atoms with Crippen LogP contribution >= 0.6 is 0 Å². The number of thiol groups is 1. The Morgan fingerprint density at radius 3 is 1.84 bits per heavy atom. The summed E-state index contributed by atoms with van der Waals surface area (Å²) in [6.07, 6.45) is 0. The number of hydrogen-bond acceptors (Lipinski definition) is 2. The third-order valence-electron chi connectivity index (χ3n) is 2.27. The molecule has 0 N–H and O–H groups in total. The first-order chi connectivity index (χ1) is 8.77. The lowest BCUT2D eigenvalue weighted by atomic mass is 10.3. The van der Waals surface area contributed by atoms with Crippen LogP contribution in [0.4, 0.5) is 17.3 Å². The Bertz CT molecular complexity index is 365. The van der Waals surface area contributed by atoms with Crippen LogP contribution in [0.5, 0.6) is 0 Å². The van der Waals surface area contributed by atoms with Gasteiger partial charge in [-0.05, 0) is 25.2 Å². The van der Waals surface area contributed by atoms with Gasteiger partial charge in [-0.1, -0.05) is 32.0 Å². The first kappa shape index (κ1) is 18.1. The van der Waals surface area contributed by atoms with Crippen molar-refractivity contribution < 1.29 is 21.5 Å². The third-order valence-corrected chi connectivity index (χ3v) is 3.80. The van der Waals surface area contributed by atoms with Crippen molar-refractivity contribution in [1.29, 1.82) is 0 Å². The van der Waals surface area contributed by atoms with E-state index in [-0.39, 0.29) is 0 Å². The van der Waals surface area contributed by atoms with Crippen molar-refractivity contribution in [3.05, 3.63) is 30.3 Å². The molecule has 0 bridgehead atoms. The van der Waals surface area contributed by atoms with E-state index in [0.717, 1.165) is 18.0 Å². The Labute approximate surface area is 113 Å². The lowest BCUT2D eigenvalue weighted by Gasteiger charge is -2.13. The quantitative estimate of drug-likeness (QED) is 0.360. The monoisotopic (exact) mass is 299 g/mol. The molecule has 2 nitrogen and oxygen atoms in total. The van der Waals surface area contributed by atoms with E-state index in [1.807, 2.05) is 30.3 Å². The number of halogens is 4. The zero-order chi connectivity index (χ0) is 14.9. The van der Waals surface area contributed by atoms with Gasteiger partial charge in [-0.3, -0.25) is 4.90 Å². The van der Waals surface area contributed by atoms with Crippen molar-refractivity contribution in [2.24, 2.45) is 0 Å². The summed E-state index contributed by atoms with van der Waals surface area (Å²) in [5.74, 6) is 0.673. The lowest BCUT2D eigenvalue weighted by Crippen LogP contribution is -2.26. The van der Waals surface area contributed by atoms with Gasteiger partial charge >= 0.3 is 7.25 Å². The highest BCUT2D eigenvalue weighted by molar-refractivity contribution is 7.84. The number of rotatable bonds is 5. The topological polar surface area (TPSA) is 20.3 Å². The molecule has 0 aromatic heterocycles. The second-order valence-corrected chi connectivity index (χ2v) is 5.21. The Hall–Kier alpha value is -0.885. The maximum absolute atomic E-state index is 11.9. The summed E-state index contributed by atoms with van der Waals surface area (Å²) in [6.45, 7) is 6.12. The number of nitrogens with zero attached hydrogens (tertiary/aromatic N) is 1. The molecule has 1 rings (SSSR count). The van der Waals surface area contributed by atoms with E-state index in [9.17, 15) is 21.5 Å². The highest BCUT2D eigenvalue weighted by Crippen LogP contribution is 2.07. The van der Waals surface area contributed by atoms with Crippen molar-refractivity contribution in [2.75, 3.05) is 19.0 Å². The Kier molecular flexibility index (Phi) is 8.66. The largest absolute Gasteiger partial charge is 0.673 e. The standard InChI is InChI=1S/C11H17NOS.BF4/c1-3-12(4-2)10-14(13)11-8-6-5-7-9-11;2-1(3,4)5/h5-9H,3-4,10H2,1-2H3;/q;-1/p+1. The summed E-state index contributed by atoms with van der Waals surface area (Å²) in [5.41, 5.74) is 0. The summed E-state index contributed by atoms with van der Waals surface area (Å²) in [7, 11) is -7.25. The molecule has 0 aliphatic rings. The van der Waals surface area contributed by atoms with Crippen LogP contribution in [0.3, 0.4) is 0 Å². The molecule has 19 heavy (non-hydrogen) atoms. The third kappa shape index (κ3) is 10.7. The molecule has 0 radical (unpaired) electrons. The van der Waals surface area contributed by atoms with E-state index < -0.39 is 18.1 Å². The van der Waals surface area contributed by atoms with Crippen LogP contribution in [0.1, 0.15) is 13.8 Å². The SMILES string of the molecule is CCN(CC)C[SH+](=O)c1ccccc1.F[B-](F)(F)F. The first-order valence-electron chi connectivity index (χ1n) is 5.87. The van der Waals surface area contributed by atoms with E-state index in [1.165, 1.54) is 0 Å². The van der Waals surface area contributed by atoms with Crippen molar-refractivity contribution in [2.45, 2.75) is 18.7 Å². The van der Waals surface area contributed by atoms with Gasteiger partial charge in [0.05, 0.1) is 0 Å². The zero-order valence-corrected chi connectivity index (χ0v) is 11.8. The van der Waals surface area contributed by atoms with Crippen LogP contribution < -0.4 is 0 Å². The molecule has 0 fully saturated rings. The fourth-order valence-corrected chi connectivity index (χ4v) is 2.71. The van der Waals surface area contributed by atoms with E-state index in [0.29, 0.717) is 5.88 Å². The smallest absolute Gasteiger partial charge is 0.418 e. The van der Waals surface area contributed by atoms with Crippen LogP contribution in [0.15, 0.2) is 35.2 Å². The second-order valence-electron chi connectivity index (χ2n) is 3.65. The summed E-state index contributed by atoms with van der Waals surface area (Å²) in [4.78, 5) is 3.14. The molecule has 1 aromatic carbocycles. The maximum Gasteiger partial charge on any atom is 0.673 e. The average Bonchev–Trinajstić information content (AvgIpc) is 2.34. The number of benzene rings is 1. The molecule has 0 spiro atoms.